The summed E-state index contributed by atoms with van der Waals surface area (Å²) in [6.45, 7) is 10.9. The van der Waals surface area contributed by atoms with E-state index in [1.54, 1.807) is 34.6 Å². The molecule has 0 aromatic rings. The van der Waals surface area contributed by atoms with E-state index in [1.165, 1.54) is 0 Å². The maximum Gasteiger partial charge on any atom is 0.508 e. The minimum absolute atomic E-state index is 0.0232. The molecule has 0 aromatic carbocycles. The van der Waals surface area contributed by atoms with Gasteiger partial charge in [0.15, 0.2) is 0 Å². The smallest absolute Gasteiger partial charge is 0.466 e. The van der Waals surface area contributed by atoms with Gasteiger partial charge in [0, 0.05) is 5.33 Å². The van der Waals surface area contributed by atoms with Crippen molar-refractivity contribution in [2.45, 2.75) is 41.5 Å². The first kappa shape index (κ1) is 29.4. The van der Waals surface area contributed by atoms with Crippen molar-refractivity contribution in [1.82, 2.24) is 0 Å². The van der Waals surface area contributed by atoms with E-state index in [-0.39, 0.29) is 38.3 Å². The molecule has 0 spiro atoms. The van der Waals surface area contributed by atoms with Crippen LogP contribution in [0.1, 0.15) is 41.5 Å². The highest BCUT2D eigenvalue weighted by molar-refractivity contribution is 9.09. The van der Waals surface area contributed by atoms with Crippen LogP contribution in [0.4, 0.5) is 4.79 Å². The van der Waals surface area contributed by atoms with Crippen LogP contribution in [0, 0.1) is 17.8 Å². The highest BCUT2D eigenvalue weighted by Crippen LogP contribution is 2.04. The van der Waals surface area contributed by atoms with Crippen molar-refractivity contribution >= 4 is 40.0 Å². The van der Waals surface area contributed by atoms with Gasteiger partial charge >= 0.3 is 24.1 Å². The normalized spacial score (nSPS) is 12.9. The summed E-state index contributed by atoms with van der Waals surface area (Å²) in [7, 11) is 0. The molecule has 0 N–H and O–H groups in total. The van der Waals surface area contributed by atoms with E-state index in [2.05, 4.69) is 15.9 Å². The molecule has 0 aliphatic rings. The molecule has 0 amide bonds. The van der Waals surface area contributed by atoms with Crippen LogP contribution in [-0.4, -0.2) is 62.4 Å². The molecular weight excluding hydrogens is 452 g/mol. The minimum Gasteiger partial charge on any atom is -0.466 e. The number of hydrogen-bond acceptors (Lipinski definition) is 9. The lowest BCUT2D eigenvalue weighted by molar-refractivity contribution is -0.149. The Morgan fingerprint density at radius 1 is 0.621 bits per heavy atom. The van der Waals surface area contributed by atoms with Crippen molar-refractivity contribution in [3.05, 3.63) is 0 Å². The van der Waals surface area contributed by atoms with Gasteiger partial charge in [0.05, 0.1) is 37.6 Å². The molecule has 0 radical (unpaired) electrons. The van der Waals surface area contributed by atoms with E-state index < -0.39 is 29.9 Å². The third kappa shape index (κ3) is 15.7. The van der Waals surface area contributed by atoms with Crippen molar-refractivity contribution in [1.29, 1.82) is 0 Å². The van der Waals surface area contributed by atoms with Gasteiger partial charge in [-0.2, -0.15) is 0 Å². The van der Waals surface area contributed by atoms with Gasteiger partial charge < -0.3 is 23.7 Å². The summed E-state index contributed by atoms with van der Waals surface area (Å²) in [6.07, 6.45) is -0.933. The van der Waals surface area contributed by atoms with Crippen molar-refractivity contribution in [3.63, 3.8) is 0 Å². The molecule has 29 heavy (non-hydrogen) atoms. The maximum atomic E-state index is 11.3. The van der Waals surface area contributed by atoms with Crippen LogP contribution in [0.25, 0.3) is 0 Å². The fraction of sp³-hybridized carbons (Fsp3) is 0.789. The average molecular weight is 485 g/mol. The Balaban J connectivity index is 0. The zero-order chi connectivity index (χ0) is 22.8. The summed E-state index contributed by atoms with van der Waals surface area (Å²) in [6, 6.07) is 0. The number of alkyl halides is 1. The molecule has 170 valence electrons. The first-order valence-electron chi connectivity index (χ1n) is 9.49. The van der Waals surface area contributed by atoms with Gasteiger partial charge in [-0.1, -0.05) is 22.9 Å². The quantitative estimate of drug-likeness (QED) is 0.247. The third-order valence-corrected chi connectivity index (χ3v) is 4.17. The molecule has 10 heteroatoms. The second kappa shape index (κ2) is 18.2. The molecule has 3 unspecified atom stereocenters. The number of carbonyl (C=O) groups is 4. The Hall–Kier alpha value is -1.84. The summed E-state index contributed by atoms with van der Waals surface area (Å²) in [5.74, 6) is -2.17. The van der Waals surface area contributed by atoms with Gasteiger partial charge in [0.25, 0.3) is 0 Å². The van der Waals surface area contributed by atoms with E-state index in [0.717, 1.165) is 0 Å². The van der Waals surface area contributed by atoms with Crippen LogP contribution in [0.5, 0.6) is 0 Å². The molecule has 0 bridgehead atoms. The first-order chi connectivity index (χ1) is 13.6. The van der Waals surface area contributed by atoms with Gasteiger partial charge in [-0.25, -0.2) is 4.79 Å². The molecule has 0 aromatic heterocycles. The third-order valence-electron chi connectivity index (χ3n) is 3.20. The molecule has 0 saturated heterocycles. The zero-order valence-electron chi connectivity index (χ0n) is 18.0. The predicted octanol–water partition coefficient (Wildman–Crippen LogP) is 3.12. The molecule has 9 nitrogen and oxygen atoms in total. The van der Waals surface area contributed by atoms with E-state index in [9.17, 15) is 19.2 Å². The second-order valence-electron chi connectivity index (χ2n) is 5.99. The number of ether oxygens (including phenoxy) is 5. The molecule has 0 rings (SSSR count). The topological polar surface area (TPSA) is 114 Å². The SMILES string of the molecule is CCOC(=O)C(C)CBr.CCOC(=O)C(C)COC(=O)OCC(C)C(=O)OCC. The summed E-state index contributed by atoms with van der Waals surface area (Å²) < 4.78 is 23.7. The van der Waals surface area contributed by atoms with Crippen molar-refractivity contribution < 1.29 is 42.9 Å². The van der Waals surface area contributed by atoms with Gasteiger partial charge in [0.2, 0.25) is 0 Å². The molecule has 0 saturated carbocycles. The van der Waals surface area contributed by atoms with Crippen molar-refractivity contribution in [2.75, 3.05) is 38.4 Å². The predicted molar refractivity (Wildman–Crippen MR) is 108 cm³/mol. The van der Waals surface area contributed by atoms with Crippen LogP contribution in [0.15, 0.2) is 0 Å². The zero-order valence-corrected chi connectivity index (χ0v) is 19.6. The average Bonchev–Trinajstić information content (AvgIpc) is 2.70. The van der Waals surface area contributed by atoms with Crippen molar-refractivity contribution in [2.24, 2.45) is 17.8 Å². The van der Waals surface area contributed by atoms with E-state index >= 15 is 0 Å². The van der Waals surface area contributed by atoms with Crippen LogP contribution in [0.3, 0.4) is 0 Å². The van der Waals surface area contributed by atoms with E-state index in [1.807, 2.05) is 6.92 Å². The van der Waals surface area contributed by atoms with E-state index in [4.69, 9.17) is 23.7 Å². The summed E-state index contributed by atoms with van der Waals surface area (Å²) in [4.78, 5) is 44.5. The van der Waals surface area contributed by atoms with Gasteiger partial charge in [0.1, 0.15) is 13.2 Å². The first-order valence-corrected chi connectivity index (χ1v) is 10.6. The van der Waals surface area contributed by atoms with Crippen LogP contribution in [-0.2, 0) is 38.1 Å². The van der Waals surface area contributed by atoms with Crippen LogP contribution >= 0.6 is 15.9 Å². The summed E-state index contributed by atoms with van der Waals surface area (Å²) >= 11 is 3.18. The number of rotatable bonds is 11. The lowest BCUT2D eigenvalue weighted by atomic mass is 10.2. The Kier molecular flexibility index (Phi) is 18.4. The number of halogens is 1. The van der Waals surface area contributed by atoms with Crippen LogP contribution < -0.4 is 0 Å². The summed E-state index contributed by atoms with van der Waals surface area (Å²) in [5.41, 5.74) is 0. The van der Waals surface area contributed by atoms with Gasteiger partial charge in [-0.15, -0.1) is 0 Å². The molecule has 0 fully saturated rings. The fourth-order valence-corrected chi connectivity index (χ4v) is 1.74. The number of esters is 3. The van der Waals surface area contributed by atoms with Crippen molar-refractivity contribution in [3.8, 4) is 0 Å². The van der Waals surface area contributed by atoms with Gasteiger partial charge in [-0.05, 0) is 34.6 Å². The number of carbonyl (C=O) groups excluding carboxylic acids is 4. The Labute approximate surface area is 180 Å². The number of hydrogen-bond donors (Lipinski definition) is 0. The summed E-state index contributed by atoms with van der Waals surface area (Å²) in [5, 5.41) is 0.672. The van der Waals surface area contributed by atoms with Gasteiger partial charge in [-0.3, -0.25) is 14.4 Å². The molecule has 0 heterocycles. The molecule has 0 aliphatic carbocycles. The maximum absolute atomic E-state index is 11.3. The Bertz CT molecular complexity index is 466. The largest absolute Gasteiger partial charge is 0.508 e. The highest BCUT2D eigenvalue weighted by atomic mass is 79.9. The fourth-order valence-electron chi connectivity index (χ4n) is 1.48. The highest BCUT2D eigenvalue weighted by Gasteiger charge is 2.19. The monoisotopic (exact) mass is 484 g/mol. The lowest BCUT2D eigenvalue weighted by Gasteiger charge is -2.13. The molecular formula is C19H33BrO9. The van der Waals surface area contributed by atoms with Crippen LogP contribution in [0.2, 0.25) is 0 Å². The Morgan fingerprint density at radius 2 is 0.931 bits per heavy atom. The minimum atomic E-state index is -0.933. The Morgan fingerprint density at radius 3 is 1.21 bits per heavy atom. The standard InChI is InChI=1S/C13H22O7.C6H11BrO2/c1-5-17-11(14)9(3)7-19-13(16)20-8-10(4)12(15)18-6-2;1-3-9-6(8)5(2)4-7/h9-10H,5-8H2,1-4H3;5H,3-4H2,1-2H3. The molecule has 3 atom stereocenters. The lowest BCUT2D eigenvalue weighted by Crippen LogP contribution is -2.25. The molecule has 0 aliphatic heterocycles. The van der Waals surface area contributed by atoms with E-state index in [0.29, 0.717) is 11.9 Å². The second-order valence-corrected chi connectivity index (χ2v) is 6.63.